The highest BCUT2D eigenvalue weighted by atomic mass is 16.7. The van der Waals surface area contributed by atoms with Gasteiger partial charge in [-0.25, -0.2) is 0 Å². The van der Waals surface area contributed by atoms with E-state index in [-0.39, 0.29) is 6.10 Å². The Balaban J connectivity index is 2.61. The Labute approximate surface area is 157 Å². The van der Waals surface area contributed by atoms with Gasteiger partial charge in [-0.1, -0.05) is 13.3 Å². The molecule has 0 aromatic heterocycles. The summed E-state index contributed by atoms with van der Waals surface area (Å²) in [4.78, 5) is 22.5. The molecule has 0 aromatic carbocycles. The molecular weight excluding hydrogens is 364 g/mol. The Kier molecular flexibility index (Phi) is 9.06. The number of aliphatic carboxylic acids is 1. The summed E-state index contributed by atoms with van der Waals surface area (Å²) < 4.78 is 15.9. The molecule has 0 bridgehead atoms. The number of rotatable bonds is 10. The summed E-state index contributed by atoms with van der Waals surface area (Å²) in [6.45, 7) is 4.46. The van der Waals surface area contributed by atoms with Gasteiger partial charge in [0.25, 0.3) is 0 Å². The molecule has 27 heavy (non-hydrogen) atoms. The lowest BCUT2D eigenvalue weighted by molar-refractivity contribution is -0.310. The van der Waals surface area contributed by atoms with E-state index in [1.165, 1.54) is 6.92 Å². The van der Waals surface area contributed by atoms with E-state index in [0.717, 1.165) is 6.42 Å². The minimum Gasteiger partial charge on any atom is -0.481 e. The SMILES string of the molecule is CCC[C@@H](C)OC1OC(COC(=O)C[C@](C)(O)CC(=O)O)C(O)C(O)C1O. The first kappa shape index (κ1) is 23.7. The Morgan fingerprint density at radius 1 is 1.15 bits per heavy atom. The Morgan fingerprint density at radius 3 is 2.33 bits per heavy atom. The van der Waals surface area contributed by atoms with Gasteiger partial charge in [0.2, 0.25) is 0 Å². The molecule has 0 aromatic rings. The molecule has 1 saturated heterocycles. The lowest BCUT2D eigenvalue weighted by Gasteiger charge is -2.40. The minimum atomic E-state index is -1.79. The van der Waals surface area contributed by atoms with Gasteiger partial charge < -0.3 is 39.7 Å². The molecule has 10 heteroatoms. The second-order valence-corrected chi connectivity index (χ2v) is 7.18. The first-order valence-corrected chi connectivity index (χ1v) is 8.91. The van der Waals surface area contributed by atoms with Gasteiger partial charge in [-0.2, -0.15) is 0 Å². The summed E-state index contributed by atoms with van der Waals surface area (Å²) in [5.41, 5.74) is -1.79. The van der Waals surface area contributed by atoms with Crippen molar-refractivity contribution in [3.05, 3.63) is 0 Å². The van der Waals surface area contributed by atoms with Crippen molar-refractivity contribution in [3.8, 4) is 0 Å². The standard InChI is InChI=1S/C17H30O10/c1-4-5-9(2)26-16-15(23)14(22)13(21)10(27-16)8-25-12(20)7-17(3,24)6-11(18)19/h9-10,13-16,21-24H,4-8H2,1-3H3,(H,18,19)/t9-,10?,13?,14?,15?,16?,17-/m1/s1. The van der Waals surface area contributed by atoms with E-state index >= 15 is 0 Å². The number of aliphatic hydroxyl groups is 4. The molecule has 1 aliphatic rings. The van der Waals surface area contributed by atoms with Crippen LogP contribution in [-0.2, 0) is 23.8 Å². The van der Waals surface area contributed by atoms with Gasteiger partial charge in [0.15, 0.2) is 6.29 Å². The van der Waals surface area contributed by atoms with Crippen LogP contribution in [0.1, 0.15) is 46.5 Å². The first-order chi connectivity index (χ1) is 12.5. The van der Waals surface area contributed by atoms with E-state index in [2.05, 4.69) is 0 Å². The molecule has 0 radical (unpaired) electrons. The van der Waals surface area contributed by atoms with Crippen molar-refractivity contribution in [1.29, 1.82) is 0 Å². The maximum absolute atomic E-state index is 11.8. The molecule has 0 saturated carbocycles. The monoisotopic (exact) mass is 394 g/mol. The second kappa shape index (κ2) is 10.3. The highest BCUT2D eigenvalue weighted by Gasteiger charge is 2.45. The number of carboxylic acid groups (broad SMARTS) is 1. The van der Waals surface area contributed by atoms with Crippen LogP contribution in [0.2, 0.25) is 0 Å². The Bertz CT molecular complexity index is 494. The molecule has 1 fully saturated rings. The van der Waals surface area contributed by atoms with Gasteiger partial charge in [-0.15, -0.1) is 0 Å². The van der Waals surface area contributed by atoms with Gasteiger partial charge in [0.1, 0.15) is 31.0 Å². The average Bonchev–Trinajstić information content (AvgIpc) is 2.52. The van der Waals surface area contributed by atoms with Crippen LogP contribution in [0.15, 0.2) is 0 Å². The maximum atomic E-state index is 11.8. The van der Waals surface area contributed by atoms with Crippen molar-refractivity contribution in [3.63, 3.8) is 0 Å². The molecule has 1 aliphatic heterocycles. The molecule has 1 rings (SSSR count). The molecule has 158 valence electrons. The zero-order valence-electron chi connectivity index (χ0n) is 15.8. The van der Waals surface area contributed by atoms with Gasteiger partial charge in [0.05, 0.1) is 24.5 Å². The van der Waals surface area contributed by atoms with Crippen molar-refractivity contribution in [2.24, 2.45) is 0 Å². The van der Waals surface area contributed by atoms with Crippen LogP contribution >= 0.6 is 0 Å². The van der Waals surface area contributed by atoms with Crippen LogP contribution in [-0.4, -0.2) is 86.5 Å². The number of carbonyl (C=O) groups is 2. The number of ether oxygens (including phenoxy) is 3. The summed E-state index contributed by atoms with van der Waals surface area (Å²) in [7, 11) is 0. The van der Waals surface area contributed by atoms with Crippen molar-refractivity contribution < 1.29 is 49.3 Å². The molecule has 5 unspecified atom stereocenters. The van der Waals surface area contributed by atoms with E-state index in [9.17, 15) is 30.0 Å². The highest BCUT2D eigenvalue weighted by Crippen LogP contribution is 2.24. The summed E-state index contributed by atoms with van der Waals surface area (Å²) in [5.74, 6) is -2.16. The van der Waals surface area contributed by atoms with Crippen LogP contribution < -0.4 is 0 Å². The zero-order chi connectivity index (χ0) is 20.8. The quantitative estimate of drug-likeness (QED) is 0.295. The van der Waals surface area contributed by atoms with Crippen LogP contribution in [0.25, 0.3) is 0 Å². The van der Waals surface area contributed by atoms with Gasteiger partial charge in [-0.3, -0.25) is 9.59 Å². The number of carboxylic acids is 1. The Hall–Kier alpha value is -1.30. The second-order valence-electron chi connectivity index (χ2n) is 7.18. The molecular formula is C17H30O10. The number of hydrogen-bond acceptors (Lipinski definition) is 9. The summed E-state index contributed by atoms with van der Waals surface area (Å²) in [6, 6.07) is 0. The van der Waals surface area contributed by atoms with E-state index < -0.39 is 67.7 Å². The number of aliphatic hydroxyl groups excluding tert-OH is 3. The maximum Gasteiger partial charge on any atom is 0.308 e. The average molecular weight is 394 g/mol. The number of carbonyl (C=O) groups excluding carboxylic acids is 1. The minimum absolute atomic E-state index is 0.258. The van der Waals surface area contributed by atoms with Gasteiger partial charge >= 0.3 is 11.9 Å². The summed E-state index contributed by atoms with van der Waals surface area (Å²) in [6.07, 6.45) is -6.84. The van der Waals surface area contributed by atoms with Crippen molar-refractivity contribution >= 4 is 11.9 Å². The first-order valence-electron chi connectivity index (χ1n) is 8.91. The molecule has 7 atom stereocenters. The normalized spacial score (nSPS) is 31.7. The smallest absolute Gasteiger partial charge is 0.308 e. The van der Waals surface area contributed by atoms with Crippen LogP contribution in [0.5, 0.6) is 0 Å². The fourth-order valence-corrected chi connectivity index (χ4v) is 2.80. The van der Waals surface area contributed by atoms with E-state index in [4.69, 9.17) is 19.3 Å². The molecule has 1 heterocycles. The molecule has 0 amide bonds. The molecule has 0 aliphatic carbocycles. The fraction of sp³-hybridized carbons (Fsp3) is 0.882. The largest absolute Gasteiger partial charge is 0.481 e. The third kappa shape index (κ3) is 7.68. The third-order valence-corrected chi connectivity index (χ3v) is 4.20. The third-order valence-electron chi connectivity index (χ3n) is 4.20. The van der Waals surface area contributed by atoms with E-state index in [1.54, 1.807) is 6.92 Å². The number of esters is 1. The topological polar surface area (TPSA) is 163 Å². The summed E-state index contributed by atoms with van der Waals surface area (Å²) in [5, 5.41) is 48.5. The van der Waals surface area contributed by atoms with Crippen molar-refractivity contribution in [2.45, 2.75) is 88.9 Å². The van der Waals surface area contributed by atoms with Crippen molar-refractivity contribution in [1.82, 2.24) is 0 Å². The fourth-order valence-electron chi connectivity index (χ4n) is 2.80. The van der Waals surface area contributed by atoms with E-state index in [1.807, 2.05) is 6.92 Å². The van der Waals surface area contributed by atoms with Crippen LogP contribution in [0.3, 0.4) is 0 Å². The number of hydrogen-bond donors (Lipinski definition) is 5. The zero-order valence-corrected chi connectivity index (χ0v) is 15.8. The molecule has 0 spiro atoms. The van der Waals surface area contributed by atoms with Gasteiger partial charge in [0, 0.05) is 0 Å². The van der Waals surface area contributed by atoms with Crippen molar-refractivity contribution in [2.75, 3.05) is 6.61 Å². The molecule has 5 N–H and O–H groups in total. The predicted octanol–water partition coefficient (Wildman–Crippen LogP) is -0.842. The highest BCUT2D eigenvalue weighted by molar-refractivity contribution is 5.73. The van der Waals surface area contributed by atoms with Gasteiger partial charge in [-0.05, 0) is 20.3 Å². The van der Waals surface area contributed by atoms with Crippen LogP contribution in [0.4, 0.5) is 0 Å². The lowest BCUT2D eigenvalue weighted by Crippen LogP contribution is -2.59. The Morgan fingerprint density at radius 2 is 1.78 bits per heavy atom. The lowest BCUT2D eigenvalue weighted by atomic mass is 9.98. The van der Waals surface area contributed by atoms with Crippen LogP contribution in [0, 0.1) is 0 Å². The summed E-state index contributed by atoms with van der Waals surface area (Å²) >= 11 is 0. The van der Waals surface area contributed by atoms with E-state index in [0.29, 0.717) is 6.42 Å². The predicted molar refractivity (Wildman–Crippen MR) is 90.6 cm³/mol. The molecule has 10 nitrogen and oxygen atoms in total.